The van der Waals surface area contributed by atoms with Crippen LogP contribution in [-0.4, -0.2) is 11.6 Å². The van der Waals surface area contributed by atoms with Gasteiger partial charge in [-0.2, -0.15) is 5.10 Å². The summed E-state index contributed by atoms with van der Waals surface area (Å²) in [5.74, 6) is -0.00678. The molecule has 0 saturated carbocycles. The third-order valence-corrected chi connectivity index (χ3v) is 3.09. The molecule has 1 rings (SSSR count). The van der Waals surface area contributed by atoms with Crippen molar-refractivity contribution < 1.29 is 4.79 Å². The molecule has 0 bridgehead atoms. The number of hydrogen-bond acceptors (Lipinski definition) is 2. The fraction of sp³-hybridized carbons (Fsp3) is 0.333. The summed E-state index contributed by atoms with van der Waals surface area (Å²) in [6.45, 7) is 5.87. The van der Waals surface area contributed by atoms with Gasteiger partial charge in [-0.1, -0.05) is 37.0 Å². The second kappa shape index (κ2) is 6.03. The zero-order valence-electron chi connectivity index (χ0n) is 9.92. The minimum Gasteiger partial charge on any atom is -0.267 e. The van der Waals surface area contributed by atoms with Crippen molar-refractivity contribution in [3.05, 3.63) is 33.8 Å². The first kappa shape index (κ1) is 14.0. The van der Waals surface area contributed by atoms with E-state index >= 15 is 0 Å². The van der Waals surface area contributed by atoms with Crippen LogP contribution < -0.4 is 5.43 Å². The maximum Gasteiger partial charge on any atom is 0.271 e. The van der Waals surface area contributed by atoms with E-state index in [2.05, 4.69) is 10.5 Å². The number of hydrogen-bond donors (Lipinski definition) is 1. The molecule has 0 aromatic heterocycles. The number of nitrogens with one attached hydrogen (secondary N) is 1. The van der Waals surface area contributed by atoms with E-state index < -0.39 is 0 Å². The summed E-state index contributed by atoms with van der Waals surface area (Å²) >= 11 is 11.6. The first-order valence-electron chi connectivity index (χ1n) is 5.21. The van der Waals surface area contributed by atoms with Crippen molar-refractivity contribution in [2.75, 3.05) is 0 Å². The molecule has 0 spiro atoms. The summed E-state index contributed by atoms with van der Waals surface area (Å²) in [6.07, 6.45) is 0. The summed E-state index contributed by atoms with van der Waals surface area (Å²) in [4.78, 5) is 11.7. The van der Waals surface area contributed by atoms with Crippen LogP contribution in [0.3, 0.4) is 0 Å². The lowest BCUT2D eigenvalue weighted by atomic mass is 10.1. The molecule has 0 heterocycles. The smallest absolute Gasteiger partial charge is 0.267 e. The molecule has 0 aliphatic heterocycles. The minimum atomic E-state index is -0.302. The highest BCUT2D eigenvalue weighted by Gasteiger charge is 2.07. The fourth-order valence-electron chi connectivity index (χ4n) is 0.970. The van der Waals surface area contributed by atoms with Gasteiger partial charge in [-0.15, -0.1) is 0 Å². The van der Waals surface area contributed by atoms with Crippen LogP contribution in [0.25, 0.3) is 0 Å². The first-order valence-corrected chi connectivity index (χ1v) is 5.97. The average Bonchev–Trinajstić information content (AvgIpc) is 2.28. The number of nitrogens with zero attached hydrogens (tertiary/aromatic N) is 1. The number of hydrazone groups is 1. The predicted octanol–water partition coefficient (Wildman–Crippen LogP) is 3.76. The number of carbonyl (C=O) groups excluding carboxylic acids is 1. The topological polar surface area (TPSA) is 41.5 Å². The second-order valence-corrected chi connectivity index (χ2v) is 4.79. The SMILES string of the molecule is C/C(=N\NC(=O)c1ccc(Cl)c(Cl)c1)C(C)C. The van der Waals surface area contributed by atoms with E-state index in [0.717, 1.165) is 5.71 Å². The fourth-order valence-corrected chi connectivity index (χ4v) is 1.27. The van der Waals surface area contributed by atoms with E-state index in [0.29, 0.717) is 21.5 Å². The third kappa shape index (κ3) is 4.02. The van der Waals surface area contributed by atoms with Crippen molar-refractivity contribution in [1.82, 2.24) is 5.43 Å². The van der Waals surface area contributed by atoms with Gasteiger partial charge >= 0.3 is 0 Å². The van der Waals surface area contributed by atoms with Crippen molar-refractivity contribution in [1.29, 1.82) is 0 Å². The molecule has 0 unspecified atom stereocenters. The van der Waals surface area contributed by atoms with Gasteiger partial charge in [0.2, 0.25) is 0 Å². The van der Waals surface area contributed by atoms with Gasteiger partial charge in [0.15, 0.2) is 0 Å². The Balaban J connectivity index is 2.77. The Morgan fingerprint density at radius 3 is 2.47 bits per heavy atom. The molecule has 0 aliphatic rings. The van der Waals surface area contributed by atoms with Crippen LogP contribution in [0.15, 0.2) is 23.3 Å². The molecule has 3 nitrogen and oxygen atoms in total. The number of rotatable bonds is 3. The molecular formula is C12H14Cl2N2O. The molecule has 0 radical (unpaired) electrons. The van der Waals surface area contributed by atoms with Gasteiger partial charge in [-0.3, -0.25) is 4.79 Å². The highest BCUT2D eigenvalue weighted by atomic mass is 35.5. The van der Waals surface area contributed by atoms with E-state index in [1.54, 1.807) is 12.1 Å². The van der Waals surface area contributed by atoms with Crippen molar-refractivity contribution >= 4 is 34.8 Å². The third-order valence-electron chi connectivity index (χ3n) is 2.35. The molecule has 0 aliphatic carbocycles. The first-order chi connectivity index (χ1) is 7.91. The van der Waals surface area contributed by atoms with E-state index in [4.69, 9.17) is 23.2 Å². The minimum absolute atomic E-state index is 0.295. The van der Waals surface area contributed by atoms with Crippen LogP contribution in [0, 0.1) is 5.92 Å². The van der Waals surface area contributed by atoms with Crippen LogP contribution in [0.1, 0.15) is 31.1 Å². The van der Waals surface area contributed by atoms with E-state index in [9.17, 15) is 4.79 Å². The largest absolute Gasteiger partial charge is 0.271 e. The monoisotopic (exact) mass is 272 g/mol. The molecule has 1 N–H and O–H groups in total. The zero-order chi connectivity index (χ0) is 13.0. The van der Waals surface area contributed by atoms with Gasteiger partial charge in [0, 0.05) is 11.3 Å². The van der Waals surface area contributed by atoms with Gasteiger partial charge in [0.05, 0.1) is 10.0 Å². The molecule has 1 aromatic rings. The summed E-state index contributed by atoms with van der Waals surface area (Å²) in [5.41, 5.74) is 3.76. The normalized spacial score (nSPS) is 11.8. The van der Waals surface area contributed by atoms with Crippen LogP contribution in [0.5, 0.6) is 0 Å². The second-order valence-electron chi connectivity index (χ2n) is 3.98. The Morgan fingerprint density at radius 1 is 1.29 bits per heavy atom. The van der Waals surface area contributed by atoms with Crippen LogP contribution in [0.4, 0.5) is 0 Å². The van der Waals surface area contributed by atoms with Gasteiger partial charge in [0.1, 0.15) is 0 Å². The molecule has 0 saturated heterocycles. The van der Waals surface area contributed by atoms with Crippen LogP contribution in [0.2, 0.25) is 10.0 Å². The van der Waals surface area contributed by atoms with Crippen molar-refractivity contribution in [3.8, 4) is 0 Å². The molecule has 1 aromatic carbocycles. The molecular weight excluding hydrogens is 259 g/mol. The van der Waals surface area contributed by atoms with Crippen LogP contribution in [-0.2, 0) is 0 Å². The molecule has 5 heteroatoms. The highest BCUT2D eigenvalue weighted by Crippen LogP contribution is 2.22. The molecule has 17 heavy (non-hydrogen) atoms. The average molecular weight is 273 g/mol. The maximum absolute atomic E-state index is 11.7. The summed E-state index contributed by atoms with van der Waals surface area (Å²) in [7, 11) is 0. The van der Waals surface area contributed by atoms with Gasteiger partial charge < -0.3 is 0 Å². The molecule has 92 valence electrons. The van der Waals surface area contributed by atoms with Crippen molar-refractivity contribution in [2.24, 2.45) is 11.0 Å². The van der Waals surface area contributed by atoms with E-state index in [1.165, 1.54) is 6.07 Å². The Kier molecular flexibility index (Phi) is 4.97. The number of halogens is 2. The number of carbonyl (C=O) groups is 1. The van der Waals surface area contributed by atoms with Crippen molar-refractivity contribution in [2.45, 2.75) is 20.8 Å². The Morgan fingerprint density at radius 2 is 1.94 bits per heavy atom. The van der Waals surface area contributed by atoms with Gasteiger partial charge in [-0.05, 0) is 31.0 Å². The van der Waals surface area contributed by atoms with Gasteiger partial charge in [-0.25, -0.2) is 5.43 Å². The number of amides is 1. The Bertz CT molecular complexity index is 456. The molecule has 0 fully saturated rings. The predicted molar refractivity (Wildman–Crippen MR) is 71.9 cm³/mol. The Hall–Kier alpha value is -1.06. The summed E-state index contributed by atoms with van der Waals surface area (Å²) in [6, 6.07) is 4.70. The van der Waals surface area contributed by atoms with E-state index in [1.807, 2.05) is 20.8 Å². The lowest BCUT2D eigenvalue weighted by Crippen LogP contribution is -2.20. The van der Waals surface area contributed by atoms with Gasteiger partial charge in [0.25, 0.3) is 5.91 Å². The lowest BCUT2D eigenvalue weighted by Gasteiger charge is -2.05. The zero-order valence-corrected chi connectivity index (χ0v) is 11.4. The highest BCUT2D eigenvalue weighted by molar-refractivity contribution is 6.42. The standard InChI is InChI=1S/C12H14Cl2N2O/c1-7(2)8(3)15-16-12(17)9-4-5-10(13)11(14)6-9/h4-7H,1-3H3,(H,16,17)/b15-8+. The quantitative estimate of drug-likeness (QED) is 0.661. The number of benzene rings is 1. The summed E-state index contributed by atoms with van der Waals surface area (Å²) < 4.78 is 0. The van der Waals surface area contributed by atoms with E-state index in [-0.39, 0.29) is 5.91 Å². The molecule has 1 amide bonds. The van der Waals surface area contributed by atoms with Crippen molar-refractivity contribution in [3.63, 3.8) is 0 Å². The lowest BCUT2D eigenvalue weighted by molar-refractivity contribution is 0.0954. The Labute approximate surface area is 111 Å². The maximum atomic E-state index is 11.7. The molecule has 0 atom stereocenters. The summed E-state index contributed by atoms with van der Waals surface area (Å²) in [5, 5.41) is 4.77. The van der Waals surface area contributed by atoms with Crippen LogP contribution >= 0.6 is 23.2 Å².